The molecule has 0 radical (unpaired) electrons. The maximum atomic E-state index is 12.2. The number of sulfonamides is 1. The molecule has 2 rings (SSSR count). The van der Waals surface area contributed by atoms with Crippen molar-refractivity contribution in [2.24, 2.45) is 0 Å². The summed E-state index contributed by atoms with van der Waals surface area (Å²) in [6, 6.07) is 4.66. The number of hydrogen-bond donors (Lipinski definition) is 2. The van der Waals surface area contributed by atoms with E-state index in [-0.39, 0.29) is 17.3 Å². The van der Waals surface area contributed by atoms with E-state index in [2.05, 4.69) is 41.6 Å². The smallest absolute Gasteiger partial charge is 0.265 e. The monoisotopic (exact) mass is 426 g/mol. The highest BCUT2D eigenvalue weighted by Gasteiger charge is 2.21. The summed E-state index contributed by atoms with van der Waals surface area (Å²) in [7, 11) is -3.72. The molecule has 0 unspecified atom stereocenters. The van der Waals surface area contributed by atoms with E-state index >= 15 is 0 Å². The van der Waals surface area contributed by atoms with Crippen molar-refractivity contribution in [2.75, 3.05) is 4.72 Å². The van der Waals surface area contributed by atoms with Gasteiger partial charge in [-0.1, -0.05) is 0 Å². The number of nitrogens with one attached hydrogen (secondary N) is 1. The first-order valence-corrected chi connectivity index (χ1v) is 8.84. The van der Waals surface area contributed by atoms with E-state index in [1.807, 2.05) is 0 Å². The number of aliphatic hydroxyl groups excluding tert-OH is 1. The average Bonchev–Trinajstić information content (AvgIpc) is 2.74. The van der Waals surface area contributed by atoms with Crippen molar-refractivity contribution in [3.05, 3.63) is 37.5 Å². The molecular formula is C10H8Br2N2O3S2. The van der Waals surface area contributed by atoms with Crippen LogP contribution in [-0.2, 0) is 16.6 Å². The van der Waals surface area contributed by atoms with E-state index in [9.17, 15) is 8.42 Å². The SMILES string of the molecule is O=S(=O)(Nc1ccc(Br)cn1)c1cc(CO)sc1Br. The summed E-state index contributed by atoms with van der Waals surface area (Å²) >= 11 is 7.57. The molecule has 19 heavy (non-hydrogen) atoms. The zero-order valence-corrected chi connectivity index (χ0v) is 14.1. The third-order valence-electron chi connectivity index (χ3n) is 2.12. The second kappa shape index (κ2) is 5.88. The largest absolute Gasteiger partial charge is 0.391 e. The zero-order chi connectivity index (χ0) is 14.0. The van der Waals surface area contributed by atoms with E-state index in [1.165, 1.54) is 23.6 Å². The number of aliphatic hydroxyl groups is 1. The van der Waals surface area contributed by atoms with Gasteiger partial charge in [-0.3, -0.25) is 4.72 Å². The van der Waals surface area contributed by atoms with Crippen LogP contribution in [0.4, 0.5) is 5.82 Å². The summed E-state index contributed by atoms with van der Waals surface area (Å²) in [6.07, 6.45) is 1.50. The lowest BCUT2D eigenvalue weighted by Gasteiger charge is -2.06. The average molecular weight is 428 g/mol. The molecule has 9 heteroatoms. The number of pyridine rings is 1. The molecule has 0 spiro atoms. The summed E-state index contributed by atoms with van der Waals surface area (Å²) in [6.45, 7) is -0.199. The van der Waals surface area contributed by atoms with Crippen molar-refractivity contribution in [3.63, 3.8) is 0 Å². The van der Waals surface area contributed by atoms with Gasteiger partial charge in [0.25, 0.3) is 10.0 Å². The molecule has 2 heterocycles. The molecule has 2 aromatic heterocycles. The first kappa shape index (κ1) is 14.9. The number of nitrogens with zero attached hydrogens (tertiary/aromatic N) is 1. The summed E-state index contributed by atoms with van der Waals surface area (Å²) in [5.41, 5.74) is 0. The van der Waals surface area contributed by atoms with Crippen molar-refractivity contribution < 1.29 is 13.5 Å². The second-order valence-corrected chi connectivity index (χ2v) is 8.50. The van der Waals surface area contributed by atoms with Crippen LogP contribution in [0.25, 0.3) is 0 Å². The normalized spacial score (nSPS) is 11.5. The van der Waals surface area contributed by atoms with E-state index in [0.29, 0.717) is 8.66 Å². The van der Waals surface area contributed by atoms with E-state index in [1.54, 1.807) is 12.1 Å². The van der Waals surface area contributed by atoms with Crippen LogP contribution in [0.15, 0.2) is 37.6 Å². The van der Waals surface area contributed by atoms with Crippen LogP contribution >= 0.6 is 43.2 Å². The molecule has 0 aromatic carbocycles. The first-order valence-electron chi connectivity index (χ1n) is 4.96. The minimum Gasteiger partial charge on any atom is -0.391 e. The predicted octanol–water partition coefficient (Wildman–Crippen LogP) is 2.96. The van der Waals surface area contributed by atoms with Crippen LogP contribution in [0.3, 0.4) is 0 Å². The predicted molar refractivity (Wildman–Crippen MR) is 80.7 cm³/mol. The number of thiophene rings is 1. The molecule has 0 fully saturated rings. The van der Waals surface area contributed by atoms with Crippen LogP contribution < -0.4 is 4.72 Å². The van der Waals surface area contributed by atoms with E-state index < -0.39 is 10.0 Å². The maximum absolute atomic E-state index is 12.2. The molecule has 0 bridgehead atoms. The molecule has 0 saturated heterocycles. The zero-order valence-electron chi connectivity index (χ0n) is 9.30. The number of halogens is 2. The van der Waals surface area contributed by atoms with Crippen molar-refractivity contribution >= 4 is 59.0 Å². The van der Waals surface area contributed by atoms with Crippen molar-refractivity contribution in [1.29, 1.82) is 0 Å². The Morgan fingerprint density at radius 1 is 1.37 bits per heavy atom. The molecule has 0 saturated carbocycles. The third kappa shape index (κ3) is 3.54. The van der Waals surface area contributed by atoms with E-state index in [4.69, 9.17) is 5.11 Å². The fourth-order valence-electron chi connectivity index (χ4n) is 1.29. The number of hydrogen-bond acceptors (Lipinski definition) is 5. The quantitative estimate of drug-likeness (QED) is 0.785. The van der Waals surface area contributed by atoms with Crippen LogP contribution in [-0.4, -0.2) is 18.5 Å². The van der Waals surface area contributed by atoms with Gasteiger partial charge in [-0.15, -0.1) is 11.3 Å². The van der Waals surface area contributed by atoms with Crippen molar-refractivity contribution in [1.82, 2.24) is 4.98 Å². The first-order chi connectivity index (χ1) is 8.92. The fraction of sp³-hybridized carbons (Fsp3) is 0.100. The Labute approximate surface area is 131 Å². The molecule has 0 aliphatic heterocycles. The minimum absolute atomic E-state index is 0.0891. The third-order valence-corrected chi connectivity index (χ3v) is 6.18. The number of aromatic nitrogens is 1. The van der Waals surface area contributed by atoms with Crippen LogP contribution in [0.5, 0.6) is 0 Å². The lowest BCUT2D eigenvalue weighted by Crippen LogP contribution is -2.13. The maximum Gasteiger partial charge on any atom is 0.265 e. The molecule has 0 aliphatic rings. The molecule has 0 amide bonds. The number of rotatable bonds is 4. The van der Waals surface area contributed by atoms with Crippen LogP contribution in [0, 0.1) is 0 Å². The Bertz CT molecular complexity index is 683. The van der Waals surface area contributed by atoms with Gasteiger partial charge in [0.1, 0.15) is 10.7 Å². The van der Waals surface area contributed by atoms with Gasteiger partial charge >= 0.3 is 0 Å². The summed E-state index contributed by atoms with van der Waals surface area (Å²) in [4.78, 5) is 4.60. The van der Waals surface area contributed by atoms with E-state index in [0.717, 1.165) is 4.47 Å². The Kier molecular flexibility index (Phi) is 4.62. The second-order valence-electron chi connectivity index (χ2n) is 3.48. The van der Waals surface area contributed by atoms with Gasteiger partial charge in [-0.25, -0.2) is 13.4 Å². The van der Waals surface area contributed by atoms with Gasteiger partial charge in [-0.05, 0) is 50.1 Å². The van der Waals surface area contributed by atoms with Crippen LogP contribution in [0.1, 0.15) is 4.88 Å². The minimum atomic E-state index is -3.72. The highest BCUT2D eigenvalue weighted by Crippen LogP contribution is 2.32. The van der Waals surface area contributed by atoms with Crippen LogP contribution in [0.2, 0.25) is 0 Å². The summed E-state index contributed by atoms with van der Waals surface area (Å²) in [5.74, 6) is 0.229. The lowest BCUT2D eigenvalue weighted by atomic mass is 10.5. The van der Waals surface area contributed by atoms with Gasteiger partial charge in [0.15, 0.2) is 0 Å². The Morgan fingerprint density at radius 2 is 2.11 bits per heavy atom. The number of anilines is 1. The molecule has 0 aliphatic carbocycles. The van der Waals surface area contributed by atoms with Crippen molar-refractivity contribution in [3.8, 4) is 0 Å². The highest BCUT2D eigenvalue weighted by molar-refractivity contribution is 9.11. The Hall–Kier alpha value is -0.480. The molecular weight excluding hydrogens is 420 g/mol. The van der Waals surface area contributed by atoms with Gasteiger partial charge < -0.3 is 5.11 Å². The summed E-state index contributed by atoms with van der Waals surface area (Å²) < 4.78 is 27.9. The lowest BCUT2D eigenvalue weighted by molar-refractivity contribution is 0.285. The van der Waals surface area contributed by atoms with Gasteiger partial charge in [0.2, 0.25) is 0 Å². The molecule has 5 nitrogen and oxygen atoms in total. The van der Waals surface area contributed by atoms with Crippen molar-refractivity contribution in [2.45, 2.75) is 11.5 Å². The van der Waals surface area contributed by atoms with Gasteiger partial charge in [0.05, 0.1) is 10.4 Å². The standard InChI is InChI=1S/C10H8Br2N2O3S2/c11-6-1-2-9(13-4-6)14-19(16,17)8-3-7(5-15)18-10(8)12/h1-4,15H,5H2,(H,13,14). The molecule has 2 N–H and O–H groups in total. The molecule has 0 atom stereocenters. The van der Waals surface area contributed by atoms with Gasteiger partial charge in [0, 0.05) is 15.5 Å². The topological polar surface area (TPSA) is 79.3 Å². The summed E-state index contributed by atoms with van der Waals surface area (Å²) in [5, 5.41) is 9.02. The molecule has 2 aromatic rings. The highest BCUT2D eigenvalue weighted by atomic mass is 79.9. The Balaban J connectivity index is 2.31. The fourth-order valence-corrected chi connectivity index (χ4v) is 5.07. The van der Waals surface area contributed by atoms with Gasteiger partial charge in [-0.2, -0.15) is 0 Å². The Morgan fingerprint density at radius 3 is 2.63 bits per heavy atom. The molecule has 102 valence electrons.